The molecule has 1 N–H and O–H groups in total. The second kappa shape index (κ2) is 8.51. The summed E-state index contributed by atoms with van der Waals surface area (Å²) in [4.78, 5) is 0. The summed E-state index contributed by atoms with van der Waals surface area (Å²) in [5.41, 5.74) is 0.590. The molecule has 29 heavy (non-hydrogen) atoms. The van der Waals surface area contributed by atoms with Gasteiger partial charge in [-0.25, -0.2) is 0 Å². The van der Waals surface area contributed by atoms with Crippen molar-refractivity contribution in [2.75, 3.05) is 5.32 Å². The molecule has 3 aromatic carbocycles. The number of hydrogen-bond acceptors (Lipinski definition) is 3. The van der Waals surface area contributed by atoms with Crippen molar-refractivity contribution in [2.24, 2.45) is 0 Å². The number of rotatable bonds is 6. The number of hydrogen-bond donors (Lipinski definition) is 1. The molecule has 0 fully saturated rings. The highest BCUT2D eigenvalue weighted by molar-refractivity contribution is 7.79. The van der Waals surface area contributed by atoms with Crippen LogP contribution >= 0.6 is 30.3 Å². The van der Waals surface area contributed by atoms with Gasteiger partial charge in [0.05, 0.1) is 22.0 Å². The predicted octanol–water partition coefficient (Wildman–Crippen LogP) is 6.71. The molecule has 6 heteroatoms. The van der Waals surface area contributed by atoms with Crippen molar-refractivity contribution in [1.82, 2.24) is 0 Å². The van der Waals surface area contributed by atoms with Crippen LogP contribution in [0.25, 0.3) is 0 Å². The van der Waals surface area contributed by atoms with E-state index in [-0.39, 0.29) is 0 Å². The maximum atomic E-state index is 14.8. The molecule has 146 valence electrons. The molecule has 0 aliphatic carbocycles. The quantitative estimate of drug-likeness (QED) is 0.338. The van der Waals surface area contributed by atoms with E-state index in [4.69, 9.17) is 27.6 Å². The zero-order valence-corrected chi connectivity index (χ0v) is 17.7. The van der Waals surface area contributed by atoms with Crippen molar-refractivity contribution < 1.29 is 8.98 Å². The van der Waals surface area contributed by atoms with Gasteiger partial charge >= 0.3 is 0 Å². The smallest absolute Gasteiger partial charge is 0.171 e. The lowest BCUT2D eigenvalue weighted by Crippen LogP contribution is -2.25. The van der Waals surface area contributed by atoms with Crippen LogP contribution in [0.4, 0.5) is 5.69 Å². The Morgan fingerprint density at radius 3 is 1.93 bits per heavy atom. The number of benzene rings is 3. The third-order valence-corrected chi connectivity index (χ3v) is 8.76. The second-order valence-corrected chi connectivity index (χ2v) is 10.1. The molecule has 0 radical (unpaired) electrons. The van der Waals surface area contributed by atoms with E-state index < -0.39 is 12.9 Å². The number of halogens is 2. The van der Waals surface area contributed by atoms with Gasteiger partial charge < -0.3 is 14.3 Å². The topological polar surface area (TPSA) is 42.2 Å². The highest BCUT2D eigenvalue weighted by atomic mass is 35.5. The molecule has 4 aromatic rings. The summed E-state index contributed by atoms with van der Waals surface area (Å²) in [5, 5.41) is 5.59. The fourth-order valence-corrected chi connectivity index (χ4v) is 6.60. The minimum Gasteiger partial charge on any atom is -0.467 e. The average Bonchev–Trinajstić information content (AvgIpc) is 3.30. The van der Waals surface area contributed by atoms with Crippen LogP contribution in [0.3, 0.4) is 0 Å². The van der Waals surface area contributed by atoms with Crippen molar-refractivity contribution in [1.29, 1.82) is 0 Å². The standard InChI is InChI=1S/C23H18Cl2NO2P/c24-19-13-7-14-20(22(19)25)26-23(21-15-8-16-28-21)29(27,17-9-3-1-4-10-17)18-11-5-2-6-12-18/h1-16,23,26H. The lowest BCUT2D eigenvalue weighted by Gasteiger charge is -2.29. The molecule has 0 spiro atoms. The average molecular weight is 442 g/mol. The number of anilines is 1. The van der Waals surface area contributed by atoms with Gasteiger partial charge in [-0.05, 0) is 24.3 Å². The van der Waals surface area contributed by atoms with E-state index in [1.165, 1.54) is 0 Å². The molecule has 1 atom stereocenters. The first-order valence-electron chi connectivity index (χ1n) is 9.05. The minimum atomic E-state index is -3.23. The number of furan rings is 1. The summed E-state index contributed by atoms with van der Waals surface area (Å²) >= 11 is 12.6. The largest absolute Gasteiger partial charge is 0.467 e. The Hall–Kier alpha value is -2.45. The van der Waals surface area contributed by atoms with Gasteiger partial charge in [0.25, 0.3) is 0 Å². The summed E-state index contributed by atoms with van der Waals surface area (Å²) in [5.74, 6) is -0.115. The molecule has 0 aliphatic heterocycles. The molecule has 0 saturated heterocycles. The van der Waals surface area contributed by atoms with E-state index in [1.807, 2.05) is 72.8 Å². The first-order valence-corrected chi connectivity index (χ1v) is 11.6. The molecule has 0 bridgehead atoms. The normalized spacial score (nSPS) is 12.5. The maximum absolute atomic E-state index is 14.8. The van der Waals surface area contributed by atoms with Gasteiger partial charge in [0.1, 0.15) is 11.5 Å². The summed E-state index contributed by atoms with van der Waals surface area (Å²) in [6, 6.07) is 27.8. The fraction of sp³-hybridized carbons (Fsp3) is 0.0435. The van der Waals surface area contributed by atoms with Crippen molar-refractivity contribution >= 4 is 46.6 Å². The van der Waals surface area contributed by atoms with E-state index in [2.05, 4.69) is 5.32 Å². The summed E-state index contributed by atoms with van der Waals surface area (Å²) in [7, 11) is -3.23. The zero-order valence-electron chi connectivity index (χ0n) is 15.3. The van der Waals surface area contributed by atoms with E-state index in [9.17, 15) is 4.57 Å². The number of nitrogens with one attached hydrogen (secondary N) is 1. The van der Waals surface area contributed by atoms with Gasteiger partial charge in [-0.3, -0.25) is 0 Å². The Morgan fingerprint density at radius 2 is 1.38 bits per heavy atom. The van der Waals surface area contributed by atoms with Gasteiger partial charge in [0.2, 0.25) is 0 Å². The van der Waals surface area contributed by atoms with E-state index in [0.29, 0.717) is 21.5 Å². The first-order chi connectivity index (χ1) is 14.1. The molecule has 0 saturated carbocycles. The Bertz CT molecular complexity index is 1090. The maximum Gasteiger partial charge on any atom is 0.171 e. The zero-order chi connectivity index (χ0) is 20.3. The Balaban J connectivity index is 1.93. The van der Waals surface area contributed by atoms with Gasteiger partial charge in [-0.15, -0.1) is 0 Å². The SMILES string of the molecule is O=P(c1ccccc1)(c1ccccc1)C(Nc1cccc(Cl)c1Cl)c1ccco1. The third kappa shape index (κ3) is 3.86. The lowest BCUT2D eigenvalue weighted by atomic mass is 10.3. The first kappa shape index (κ1) is 19.8. The van der Waals surface area contributed by atoms with Crippen LogP contribution in [-0.2, 0) is 4.57 Å². The molecular formula is C23H18Cl2NO2P. The second-order valence-electron chi connectivity index (χ2n) is 6.49. The van der Waals surface area contributed by atoms with Crippen LogP contribution in [0.15, 0.2) is 102 Å². The molecule has 3 nitrogen and oxygen atoms in total. The Kier molecular flexibility index (Phi) is 5.82. The Morgan fingerprint density at radius 1 is 0.759 bits per heavy atom. The van der Waals surface area contributed by atoms with Gasteiger partial charge in [-0.2, -0.15) is 0 Å². The van der Waals surface area contributed by atoms with Crippen LogP contribution < -0.4 is 15.9 Å². The fourth-order valence-electron chi connectivity index (χ4n) is 3.30. The lowest BCUT2D eigenvalue weighted by molar-refractivity contribution is 0.504. The monoisotopic (exact) mass is 441 g/mol. The van der Waals surface area contributed by atoms with Crippen molar-refractivity contribution in [3.05, 3.63) is 113 Å². The molecule has 1 heterocycles. The van der Waals surface area contributed by atoms with Crippen molar-refractivity contribution in [2.45, 2.75) is 5.78 Å². The van der Waals surface area contributed by atoms with Crippen LogP contribution in [-0.4, -0.2) is 0 Å². The minimum absolute atomic E-state index is 0.374. The van der Waals surface area contributed by atoms with E-state index in [0.717, 1.165) is 10.6 Å². The molecule has 1 unspecified atom stereocenters. The highest BCUT2D eigenvalue weighted by Crippen LogP contribution is 2.57. The van der Waals surface area contributed by atoms with Crippen LogP contribution in [0.1, 0.15) is 11.5 Å². The van der Waals surface area contributed by atoms with Crippen LogP contribution in [0, 0.1) is 0 Å². The Labute approximate surface area is 179 Å². The molecular weight excluding hydrogens is 424 g/mol. The predicted molar refractivity (Wildman–Crippen MR) is 121 cm³/mol. The van der Waals surface area contributed by atoms with Gasteiger partial charge in [0.15, 0.2) is 7.14 Å². The van der Waals surface area contributed by atoms with Crippen molar-refractivity contribution in [3.8, 4) is 0 Å². The summed E-state index contributed by atoms with van der Waals surface area (Å²) < 4.78 is 20.5. The van der Waals surface area contributed by atoms with Crippen LogP contribution in [0.2, 0.25) is 10.0 Å². The van der Waals surface area contributed by atoms with Crippen molar-refractivity contribution in [3.63, 3.8) is 0 Å². The highest BCUT2D eigenvalue weighted by Gasteiger charge is 2.40. The molecule has 1 aromatic heterocycles. The molecule has 0 amide bonds. The molecule has 0 aliphatic rings. The third-order valence-electron chi connectivity index (χ3n) is 4.70. The van der Waals surface area contributed by atoms with Gasteiger partial charge in [0, 0.05) is 10.6 Å². The van der Waals surface area contributed by atoms with E-state index in [1.54, 1.807) is 24.5 Å². The molecule has 4 rings (SSSR count). The summed E-state index contributed by atoms with van der Waals surface area (Å²) in [6.07, 6.45) is 1.57. The van der Waals surface area contributed by atoms with E-state index >= 15 is 0 Å². The van der Waals surface area contributed by atoms with Crippen LogP contribution in [0.5, 0.6) is 0 Å². The summed E-state index contributed by atoms with van der Waals surface area (Å²) in [6.45, 7) is 0. The van der Waals surface area contributed by atoms with Gasteiger partial charge in [-0.1, -0.05) is 89.9 Å².